The lowest BCUT2D eigenvalue weighted by Crippen LogP contribution is -2.51. The van der Waals surface area contributed by atoms with E-state index in [2.05, 4.69) is 16.0 Å². The Morgan fingerprint density at radius 3 is 2.55 bits per heavy atom. The Labute approximate surface area is 169 Å². The first-order valence-electron chi connectivity index (χ1n) is 9.93. The Hall–Kier alpha value is -2.40. The molecule has 0 radical (unpaired) electrons. The van der Waals surface area contributed by atoms with Crippen molar-refractivity contribution in [2.75, 3.05) is 25.1 Å². The summed E-state index contributed by atoms with van der Waals surface area (Å²) >= 11 is 0. The lowest BCUT2D eigenvalue weighted by molar-refractivity contribution is -0.384. The summed E-state index contributed by atoms with van der Waals surface area (Å²) in [6.07, 6.45) is 3.88. The number of nitrogens with one attached hydrogen (secondary N) is 2. The number of amides is 1. The minimum absolute atomic E-state index is 0.0316. The summed E-state index contributed by atoms with van der Waals surface area (Å²) in [6, 6.07) is 0.0804. The van der Waals surface area contributed by atoms with Crippen LogP contribution in [0.4, 0.5) is 16.3 Å². The normalized spacial score (nSPS) is 22.8. The van der Waals surface area contributed by atoms with Crippen LogP contribution < -0.4 is 15.8 Å². The second-order valence-electron chi connectivity index (χ2n) is 8.50. The molecule has 2 N–H and O–H groups in total. The van der Waals surface area contributed by atoms with E-state index in [1.165, 1.54) is 6.20 Å². The molecule has 2 fully saturated rings. The lowest BCUT2D eigenvalue weighted by Gasteiger charge is -2.26. The smallest absolute Gasteiger partial charge is 0.422 e. The average Bonchev–Trinajstić information content (AvgIpc) is 3.41. The first kappa shape index (κ1) is 21.3. The van der Waals surface area contributed by atoms with Crippen LogP contribution in [-0.4, -0.2) is 58.7 Å². The fraction of sp³-hybridized carbons (Fsp3) is 0.778. The molecule has 1 saturated carbocycles. The fourth-order valence-electron chi connectivity index (χ4n) is 3.56. The van der Waals surface area contributed by atoms with Gasteiger partial charge in [0.2, 0.25) is 5.82 Å². The van der Waals surface area contributed by atoms with Crippen molar-refractivity contribution in [2.24, 2.45) is 0 Å². The number of carbonyl (C=O) groups excluding carboxylic acids is 1. The van der Waals surface area contributed by atoms with Gasteiger partial charge in [0.1, 0.15) is 11.8 Å². The summed E-state index contributed by atoms with van der Waals surface area (Å²) in [5.74, 6) is 0.563. The highest BCUT2D eigenvalue weighted by molar-refractivity contribution is 5.67. The average molecular weight is 410 g/mol. The van der Waals surface area contributed by atoms with Gasteiger partial charge in [0.15, 0.2) is 0 Å². The molecule has 29 heavy (non-hydrogen) atoms. The summed E-state index contributed by atoms with van der Waals surface area (Å²) in [7, 11) is 1.62. The van der Waals surface area contributed by atoms with Gasteiger partial charge in [0, 0.05) is 20.2 Å². The minimum Gasteiger partial charge on any atom is -0.443 e. The zero-order chi connectivity index (χ0) is 21.2. The molecule has 0 aromatic carbocycles. The van der Waals surface area contributed by atoms with Crippen LogP contribution in [0.5, 0.6) is 0 Å². The molecule has 1 aliphatic heterocycles. The number of carbonyl (C=O) groups is 1. The van der Waals surface area contributed by atoms with E-state index in [4.69, 9.17) is 9.47 Å². The van der Waals surface area contributed by atoms with Crippen LogP contribution in [0, 0.1) is 10.1 Å². The Bertz CT molecular complexity index is 742. The standard InChI is InChI=1S/C18H30N6O5/c1-18(2,3)29-17(25)21-20-13-7-9-22(10-8-15(13)28-4)16-14(24(26)27)11-19-23(16)12-5-6-12/h11-13,15,20H,5-10H2,1-4H3,(H,21,25). The first-order valence-corrected chi connectivity index (χ1v) is 9.93. The maximum Gasteiger partial charge on any atom is 0.422 e. The molecule has 162 valence electrons. The molecule has 1 saturated heterocycles. The molecular formula is C18H30N6O5. The Balaban J connectivity index is 1.69. The summed E-state index contributed by atoms with van der Waals surface area (Å²) < 4.78 is 12.6. The van der Waals surface area contributed by atoms with Gasteiger partial charge in [-0.15, -0.1) is 0 Å². The Morgan fingerprint density at radius 2 is 1.97 bits per heavy atom. The van der Waals surface area contributed by atoms with Gasteiger partial charge in [-0.2, -0.15) is 5.10 Å². The van der Waals surface area contributed by atoms with Crippen molar-refractivity contribution < 1.29 is 19.2 Å². The van der Waals surface area contributed by atoms with Crippen molar-refractivity contribution in [3.05, 3.63) is 16.3 Å². The molecule has 2 unspecified atom stereocenters. The third kappa shape index (κ3) is 5.36. The van der Waals surface area contributed by atoms with E-state index < -0.39 is 11.7 Å². The number of nitrogens with zero attached hydrogens (tertiary/aromatic N) is 4. The minimum atomic E-state index is -0.590. The summed E-state index contributed by atoms with van der Waals surface area (Å²) in [6.45, 7) is 6.56. The molecule has 2 heterocycles. The van der Waals surface area contributed by atoms with Crippen molar-refractivity contribution in [3.8, 4) is 0 Å². The molecule has 1 aromatic rings. The number of nitro groups is 1. The van der Waals surface area contributed by atoms with E-state index in [0.717, 1.165) is 12.8 Å². The van der Waals surface area contributed by atoms with Crippen LogP contribution in [0.1, 0.15) is 52.5 Å². The molecule has 1 aliphatic carbocycles. The van der Waals surface area contributed by atoms with Crippen molar-refractivity contribution in [1.82, 2.24) is 20.6 Å². The van der Waals surface area contributed by atoms with Gasteiger partial charge < -0.3 is 14.4 Å². The van der Waals surface area contributed by atoms with Crippen LogP contribution in [-0.2, 0) is 9.47 Å². The van der Waals surface area contributed by atoms with Gasteiger partial charge in [0.25, 0.3) is 0 Å². The van der Waals surface area contributed by atoms with E-state index in [0.29, 0.717) is 31.7 Å². The lowest BCUT2D eigenvalue weighted by atomic mass is 10.1. The molecule has 1 aromatic heterocycles. The fourth-order valence-corrected chi connectivity index (χ4v) is 3.56. The second kappa shape index (κ2) is 8.54. The zero-order valence-corrected chi connectivity index (χ0v) is 17.4. The molecule has 0 bridgehead atoms. The van der Waals surface area contributed by atoms with Crippen LogP contribution >= 0.6 is 0 Å². The largest absolute Gasteiger partial charge is 0.443 e. The van der Waals surface area contributed by atoms with Gasteiger partial charge in [-0.25, -0.2) is 14.9 Å². The number of rotatable bonds is 6. The van der Waals surface area contributed by atoms with Crippen LogP contribution in [0.25, 0.3) is 0 Å². The highest BCUT2D eigenvalue weighted by atomic mass is 16.6. The van der Waals surface area contributed by atoms with Gasteiger partial charge in [-0.1, -0.05) is 0 Å². The van der Waals surface area contributed by atoms with E-state index in [9.17, 15) is 14.9 Å². The highest BCUT2D eigenvalue weighted by Crippen LogP contribution is 2.41. The molecule has 2 atom stereocenters. The Kier molecular flexibility index (Phi) is 6.27. The highest BCUT2D eigenvalue weighted by Gasteiger charge is 2.36. The molecule has 11 nitrogen and oxygen atoms in total. The topological polar surface area (TPSA) is 124 Å². The number of anilines is 1. The number of hydrogen-bond acceptors (Lipinski definition) is 8. The van der Waals surface area contributed by atoms with Crippen LogP contribution in [0.2, 0.25) is 0 Å². The van der Waals surface area contributed by atoms with Gasteiger partial charge in [-0.05, 0) is 46.5 Å². The number of hydrogen-bond donors (Lipinski definition) is 2. The maximum atomic E-state index is 11.9. The molecule has 11 heteroatoms. The van der Waals surface area contributed by atoms with E-state index >= 15 is 0 Å². The molecule has 1 amide bonds. The molecule has 2 aliphatic rings. The summed E-state index contributed by atoms with van der Waals surface area (Å²) in [5.41, 5.74) is 5.03. The molecule has 0 spiro atoms. The zero-order valence-electron chi connectivity index (χ0n) is 17.4. The molecule has 3 rings (SSSR count). The maximum absolute atomic E-state index is 11.9. The number of ether oxygens (including phenoxy) is 2. The van der Waals surface area contributed by atoms with Crippen molar-refractivity contribution in [2.45, 2.75) is 70.2 Å². The third-order valence-electron chi connectivity index (χ3n) is 5.04. The van der Waals surface area contributed by atoms with Crippen molar-refractivity contribution in [3.63, 3.8) is 0 Å². The summed E-state index contributed by atoms with van der Waals surface area (Å²) in [4.78, 5) is 25.1. The van der Waals surface area contributed by atoms with Gasteiger partial charge in [0.05, 0.1) is 23.1 Å². The number of methoxy groups -OCH3 is 1. The third-order valence-corrected chi connectivity index (χ3v) is 5.04. The van der Waals surface area contributed by atoms with Crippen LogP contribution in [0.15, 0.2) is 6.20 Å². The summed E-state index contributed by atoms with van der Waals surface area (Å²) in [5, 5.41) is 15.8. The van der Waals surface area contributed by atoms with E-state index in [1.54, 1.807) is 32.6 Å². The monoisotopic (exact) mass is 410 g/mol. The van der Waals surface area contributed by atoms with Gasteiger partial charge >= 0.3 is 11.8 Å². The predicted octanol–water partition coefficient (Wildman–Crippen LogP) is 2.14. The Morgan fingerprint density at radius 1 is 1.28 bits per heavy atom. The number of hydrazine groups is 1. The van der Waals surface area contributed by atoms with Crippen molar-refractivity contribution in [1.29, 1.82) is 0 Å². The quantitative estimate of drug-likeness (QED) is 0.540. The van der Waals surface area contributed by atoms with E-state index in [-0.39, 0.29) is 28.8 Å². The van der Waals surface area contributed by atoms with E-state index in [1.807, 2.05) is 4.90 Å². The first-order chi connectivity index (χ1) is 13.7. The second-order valence-corrected chi connectivity index (χ2v) is 8.50. The number of aromatic nitrogens is 2. The SMILES string of the molecule is COC1CCN(c2c([N+](=O)[O-])cnn2C2CC2)CCC1NNC(=O)OC(C)(C)C. The van der Waals surface area contributed by atoms with Crippen molar-refractivity contribution >= 4 is 17.6 Å². The van der Waals surface area contributed by atoms with Crippen LogP contribution in [0.3, 0.4) is 0 Å². The predicted molar refractivity (Wildman–Crippen MR) is 106 cm³/mol. The van der Waals surface area contributed by atoms with Gasteiger partial charge in [-0.3, -0.25) is 15.5 Å². The molecular weight excluding hydrogens is 380 g/mol.